The van der Waals surface area contributed by atoms with Gasteiger partial charge in [-0.2, -0.15) is 0 Å². The Kier molecular flexibility index (Phi) is 4.36. The second kappa shape index (κ2) is 5.81. The monoisotopic (exact) mass is 272 g/mol. The maximum Gasteiger partial charge on any atom is 0.215 e. The molecule has 1 aliphatic rings. The Hall–Kier alpha value is -0.920. The second-order valence-corrected chi connectivity index (χ2v) is 6.66. The number of nitrogens with one attached hydrogen (secondary N) is 2. The zero-order valence-electron chi connectivity index (χ0n) is 10.6. The zero-order chi connectivity index (χ0) is 13.0. The van der Waals surface area contributed by atoms with Crippen LogP contribution in [-0.2, 0) is 23.5 Å². The van der Waals surface area contributed by atoms with Gasteiger partial charge in [0, 0.05) is 39.0 Å². The molecule has 1 atom stereocenters. The van der Waals surface area contributed by atoms with Gasteiger partial charge in [0.2, 0.25) is 10.0 Å². The third-order valence-electron chi connectivity index (χ3n) is 3.26. The predicted octanol–water partition coefficient (Wildman–Crippen LogP) is -0.366. The molecule has 0 spiro atoms. The van der Waals surface area contributed by atoms with Crippen LogP contribution in [-0.4, -0.2) is 42.9 Å². The average molecular weight is 272 g/mol. The van der Waals surface area contributed by atoms with Crippen LogP contribution in [0.15, 0.2) is 12.4 Å². The summed E-state index contributed by atoms with van der Waals surface area (Å²) >= 11 is 0. The van der Waals surface area contributed by atoms with Crippen molar-refractivity contribution in [2.75, 3.05) is 19.6 Å². The first-order valence-electron chi connectivity index (χ1n) is 6.25. The van der Waals surface area contributed by atoms with Gasteiger partial charge in [-0.25, -0.2) is 18.1 Å². The van der Waals surface area contributed by atoms with E-state index in [-0.39, 0.29) is 5.25 Å². The van der Waals surface area contributed by atoms with Crippen molar-refractivity contribution in [1.29, 1.82) is 0 Å². The highest BCUT2D eigenvalue weighted by Gasteiger charge is 2.26. The molecule has 2 heterocycles. The molecule has 1 fully saturated rings. The number of aromatic nitrogens is 2. The van der Waals surface area contributed by atoms with E-state index in [0.29, 0.717) is 19.5 Å². The van der Waals surface area contributed by atoms with E-state index >= 15 is 0 Å². The van der Waals surface area contributed by atoms with Gasteiger partial charge in [0.05, 0.1) is 5.25 Å². The molecule has 1 aromatic heterocycles. The van der Waals surface area contributed by atoms with Crippen LogP contribution in [0.3, 0.4) is 0 Å². The number of hydrogen-bond donors (Lipinski definition) is 2. The molecule has 1 aromatic rings. The Bertz CT molecular complexity index is 477. The molecule has 0 amide bonds. The van der Waals surface area contributed by atoms with Crippen molar-refractivity contribution >= 4 is 10.0 Å². The normalized spacial score (nSPS) is 21.1. The molecule has 0 radical (unpaired) electrons. The minimum Gasteiger partial charge on any atom is -0.338 e. The fourth-order valence-corrected chi connectivity index (χ4v) is 3.58. The van der Waals surface area contributed by atoms with E-state index in [4.69, 9.17) is 0 Å². The van der Waals surface area contributed by atoms with Gasteiger partial charge < -0.3 is 9.88 Å². The average Bonchev–Trinajstić information content (AvgIpc) is 2.76. The van der Waals surface area contributed by atoms with Gasteiger partial charge in [0.25, 0.3) is 0 Å². The van der Waals surface area contributed by atoms with Gasteiger partial charge >= 0.3 is 0 Å². The first kappa shape index (κ1) is 13.5. The molecular weight excluding hydrogens is 252 g/mol. The molecule has 18 heavy (non-hydrogen) atoms. The number of rotatable bonds is 5. The maximum absolute atomic E-state index is 12.0. The number of piperidine rings is 1. The van der Waals surface area contributed by atoms with Gasteiger partial charge in [-0.05, 0) is 19.4 Å². The Morgan fingerprint density at radius 2 is 2.44 bits per heavy atom. The van der Waals surface area contributed by atoms with E-state index in [0.717, 1.165) is 25.2 Å². The van der Waals surface area contributed by atoms with E-state index < -0.39 is 10.0 Å². The maximum atomic E-state index is 12.0. The molecule has 0 aromatic carbocycles. The minimum absolute atomic E-state index is 0.298. The fourth-order valence-electron chi connectivity index (χ4n) is 2.15. The van der Waals surface area contributed by atoms with Crippen molar-refractivity contribution in [3.8, 4) is 0 Å². The largest absolute Gasteiger partial charge is 0.338 e. The summed E-state index contributed by atoms with van der Waals surface area (Å²) in [6, 6.07) is 0. The van der Waals surface area contributed by atoms with E-state index in [1.165, 1.54) is 0 Å². The molecule has 2 N–H and O–H groups in total. The van der Waals surface area contributed by atoms with Crippen LogP contribution < -0.4 is 10.0 Å². The van der Waals surface area contributed by atoms with Gasteiger partial charge in [-0.15, -0.1) is 0 Å². The first-order chi connectivity index (χ1) is 8.59. The second-order valence-electron chi connectivity index (χ2n) is 4.61. The lowest BCUT2D eigenvalue weighted by Gasteiger charge is -2.22. The fraction of sp³-hybridized carbons (Fsp3) is 0.727. The highest BCUT2D eigenvalue weighted by molar-refractivity contribution is 7.90. The Labute approximate surface area is 108 Å². The molecule has 7 heteroatoms. The lowest BCUT2D eigenvalue weighted by Crippen LogP contribution is -2.44. The standard InChI is InChI=1S/C11H20N4O2S/c1-15-8-7-13-11(15)4-6-14-18(16,17)10-3-2-5-12-9-10/h7-8,10,12,14H,2-6,9H2,1H3. The van der Waals surface area contributed by atoms with E-state index in [2.05, 4.69) is 15.0 Å². The first-order valence-corrected chi connectivity index (χ1v) is 7.79. The molecular formula is C11H20N4O2S. The zero-order valence-corrected chi connectivity index (χ0v) is 11.4. The molecule has 102 valence electrons. The van der Waals surface area contributed by atoms with Crippen molar-refractivity contribution in [2.24, 2.45) is 7.05 Å². The summed E-state index contributed by atoms with van der Waals surface area (Å²) in [6.07, 6.45) is 5.85. The van der Waals surface area contributed by atoms with Crippen LogP contribution in [0.2, 0.25) is 0 Å². The van der Waals surface area contributed by atoms with Crippen molar-refractivity contribution in [2.45, 2.75) is 24.5 Å². The van der Waals surface area contributed by atoms with Crippen molar-refractivity contribution in [3.05, 3.63) is 18.2 Å². The number of nitrogens with zero attached hydrogens (tertiary/aromatic N) is 2. The quantitative estimate of drug-likeness (QED) is 0.767. The molecule has 1 aliphatic heterocycles. The molecule has 0 bridgehead atoms. The summed E-state index contributed by atoms with van der Waals surface area (Å²) in [5.41, 5.74) is 0. The summed E-state index contributed by atoms with van der Waals surface area (Å²) in [4.78, 5) is 4.16. The van der Waals surface area contributed by atoms with Crippen molar-refractivity contribution in [3.63, 3.8) is 0 Å². The predicted molar refractivity (Wildman–Crippen MR) is 69.7 cm³/mol. The Morgan fingerprint density at radius 3 is 3.06 bits per heavy atom. The summed E-state index contributed by atoms with van der Waals surface area (Å²) in [5.74, 6) is 0.888. The molecule has 6 nitrogen and oxygen atoms in total. The SMILES string of the molecule is Cn1ccnc1CCNS(=O)(=O)C1CCCNC1. The van der Waals surface area contributed by atoms with Crippen LogP contribution >= 0.6 is 0 Å². The third-order valence-corrected chi connectivity index (χ3v) is 5.15. The van der Waals surface area contributed by atoms with E-state index in [1.807, 2.05) is 17.8 Å². The summed E-state index contributed by atoms with van der Waals surface area (Å²) in [7, 11) is -1.29. The number of aryl methyl sites for hydroxylation is 1. The van der Waals surface area contributed by atoms with Crippen molar-refractivity contribution < 1.29 is 8.42 Å². The Balaban J connectivity index is 1.83. The van der Waals surface area contributed by atoms with Crippen LogP contribution in [0.25, 0.3) is 0 Å². The Morgan fingerprint density at radius 1 is 1.61 bits per heavy atom. The summed E-state index contributed by atoms with van der Waals surface area (Å²) in [6.45, 7) is 1.88. The van der Waals surface area contributed by atoms with Gasteiger partial charge in [-0.1, -0.05) is 0 Å². The molecule has 1 saturated heterocycles. The molecule has 0 saturated carbocycles. The van der Waals surface area contributed by atoms with E-state index in [9.17, 15) is 8.42 Å². The van der Waals surface area contributed by atoms with Crippen LogP contribution in [0.1, 0.15) is 18.7 Å². The summed E-state index contributed by atoms with van der Waals surface area (Å²) < 4.78 is 28.6. The highest BCUT2D eigenvalue weighted by Crippen LogP contribution is 2.10. The van der Waals surface area contributed by atoms with Gasteiger partial charge in [-0.3, -0.25) is 0 Å². The van der Waals surface area contributed by atoms with Crippen LogP contribution in [0, 0.1) is 0 Å². The smallest absolute Gasteiger partial charge is 0.215 e. The van der Waals surface area contributed by atoms with Gasteiger partial charge in [0.15, 0.2) is 0 Å². The number of hydrogen-bond acceptors (Lipinski definition) is 4. The number of imidazole rings is 1. The number of sulfonamides is 1. The molecule has 1 unspecified atom stereocenters. The van der Waals surface area contributed by atoms with Crippen LogP contribution in [0.4, 0.5) is 0 Å². The lowest BCUT2D eigenvalue weighted by molar-refractivity contribution is 0.490. The lowest BCUT2D eigenvalue weighted by atomic mass is 10.2. The summed E-state index contributed by atoms with van der Waals surface area (Å²) in [5, 5.41) is 2.82. The topological polar surface area (TPSA) is 76.0 Å². The minimum atomic E-state index is -3.20. The molecule has 0 aliphatic carbocycles. The van der Waals surface area contributed by atoms with Gasteiger partial charge in [0.1, 0.15) is 5.82 Å². The third kappa shape index (κ3) is 3.30. The highest BCUT2D eigenvalue weighted by atomic mass is 32.2. The van der Waals surface area contributed by atoms with Crippen LogP contribution in [0.5, 0.6) is 0 Å². The van der Waals surface area contributed by atoms with Crippen molar-refractivity contribution in [1.82, 2.24) is 19.6 Å². The van der Waals surface area contributed by atoms with E-state index in [1.54, 1.807) is 6.20 Å². The molecule has 2 rings (SSSR count).